The zero-order chi connectivity index (χ0) is 20.0. The van der Waals surface area contributed by atoms with Gasteiger partial charge in [-0.1, -0.05) is 55.8 Å². The van der Waals surface area contributed by atoms with E-state index in [9.17, 15) is 0 Å². The van der Waals surface area contributed by atoms with Crippen LogP contribution in [0.2, 0.25) is 5.02 Å². The summed E-state index contributed by atoms with van der Waals surface area (Å²) in [5.41, 5.74) is 4.92. The van der Waals surface area contributed by atoms with Crippen molar-refractivity contribution in [3.05, 3.63) is 76.4 Å². The van der Waals surface area contributed by atoms with Crippen LogP contribution in [0.25, 0.3) is 0 Å². The van der Waals surface area contributed by atoms with Crippen molar-refractivity contribution >= 4 is 29.1 Å². The van der Waals surface area contributed by atoms with Gasteiger partial charge in [0, 0.05) is 41.2 Å². The van der Waals surface area contributed by atoms with Crippen LogP contribution in [0.3, 0.4) is 0 Å². The van der Waals surface area contributed by atoms with Crippen LogP contribution in [0.5, 0.6) is 0 Å². The summed E-state index contributed by atoms with van der Waals surface area (Å²) in [5.74, 6) is 2.19. The van der Waals surface area contributed by atoms with E-state index in [1.807, 2.05) is 24.3 Å². The fraction of sp³-hybridized carbons (Fsp3) is 0.333. The van der Waals surface area contributed by atoms with Crippen LogP contribution in [0.15, 0.2) is 54.6 Å². The van der Waals surface area contributed by atoms with Crippen molar-refractivity contribution in [3.8, 4) is 0 Å². The van der Waals surface area contributed by atoms with Gasteiger partial charge >= 0.3 is 0 Å². The summed E-state index contributed by atoms with van der Waals surface area (Å²) in [5, 5.41) is 4.05. The van der Waals surface area contributed by atoms with Crippen molar-refractivity contribution in [3.63, 3.8) is 0 Å². The lowest BCUT2D eigenvalue weighted by Gasteiger charge is -2.40. The van der Waals surface area contributed by atoms with E-state index < -0.39 is 0 Å². The van der Waals surface area contributed by atoms with Crippen molar-refractivity contribution in [2.75, 3.05) is 16.8 Å². The van der Waals surface area contributed by atoms with Gasteiger partial charge in [-0.3, -0.25) is 0 Å². The maximum atomic E-state index is 6.15. The first-order valence-electron chi connectivity index (χ1n) is 10.2. The average molecular weight is 405 g/mol. The van der Waals surface area contributed by atoms with E-state index in [2.05, 4.69) is 54.4 Å². The summed E-state index contributed by atoms with van der Waals surface area (Å²) in [7, 11) is 0. The largest absolute Gasteiger partial charge is 0.351 e. The lowest BCUT2D eigenvalue weighted by Crippen LogP contribution is -2.42. The Hall–Kier alpha value is -2.59. The van der Waals surface area contributed by atoms with Crippen LogP contribution in [-0.2, 0) is 12.0 Å². The van der Waals surface area contributed by atoms with Crippen molar-refractivity contribution in [1.82, 2.24) is 9.97 Å². The van der Waals surface area contributed by atoms with E-state index in [-0.39, 0.29) is 5.41 Å². The number of fused-ring (bicyclic) bond motifs is 1. The Labute approximate surface area is 177 Å². The normalized spacial score (nSPS) is 17.7. The summed E-state index contributed by atoms with van der Waals surface area (Å²) in [4.78, 5) is 12.1. The minimum Gasteiger partial charge on any atom is -0.351 e. The smallest absolute Gasteiger partial charge is 0.229 e. The fourth-order valence-corrected chi connectivity index (χ4v) is 4.45. The van der Waals surface area contributed by atoms with Crippen LogP contribution in [-0.4, -0.2) is 16.5 Å². The standard InChI is InChI=1S/C24H25ClN4/c1-24(2)15-29(14-17-6-3-4-9-20(17)24)22-13-21(16-10-11-16)27-23(28-22)26-19-8-5-7-18(25)12-19/h3-9,12-13,16H,10-11,14-15H2,1-2H3,(H,26,27,28). The van der Waals surface area contributed by atoms with Crippen LogP contribution < -0.4 is 10.2 Å². The fourth-order valence-electron chi connectivity index (χ4n) is 4.26. The molecule has 3 aromatic rings. The van der Waals surface area contributed by atoms with E-state index in [4.69, 9.17) is 21.6 Å². The van der Waals surface area contributed by atoms with Gasteiger partial charge in [0.2, 0.25) is 5.95 Å². The van der Waals surface area contributed by atoms with E-state index in [0.717, 1.165) is 30.3 Å². The highest BCUT2D eigenvalue weighted by Gasteiger charge is 2.33. The number of benzene rings is 2. The van der Waals surface area contributed by atoms with Gasteiger partial charge in [0.1, 0.15) is 5.82 Å². The molecule has 1 fully saturated rings. The Morgan fingerprint density at radius 3 is 2.66 bits per heavy atom. The van der Waals surface area contributed by atoms with Gasteiger partial charge in [0.25, 0.3) is 0 Å². The first-order valence-corrected chi connectivity index (χ1v) is 10.6. The van der Waals surface area contributed by atoms with Crippen LogP contribution in [0.1, 0.15) is 49.4 Å². The topological polar surface area (TPSA) is 41.1 Å². The predicted molar refractivity (Wildman–Crippen MR) is 119 cm³/mol. The molecule has 2 aliphatic rings. The number of hydrogen-bond acceptors (Lipinski definition) is 4. The Bertz CT molecular complexity index is 1060. The molecule has 1 aliphatic heterocycles. The Balaban J connectivity index is 1.51. The van der Waals surface area contributed by atoms with Gasteiger partial charge in [-0.2, -0.15) is 4.98 Å². The van der Waals surface area contributed by atoms with Gasteiger partial charge in [-0.05, 0) is 42.2 Å². The van der Waals surface area contributed by atoms with E-state index >= 15 is 0 Å². The lowest BCUT2D eigenvalue weighted by molar-refractivity contribution is 0.474. The molecule has 148 valence electrons. The first kappa shape index (κ1) is 18.4. The van der Waals surface area contributed by atoms with Crippen LogP contribution in [0, 0.1) is 0 Å². The molecule has 0 amide bonds. The first-order chi connectivity index (χ1) is 14.0. The van der Waals surface area contributed by atoms with Crippen molar-refractivity contribution in [2.24, 2.45) is 0 Å². The quantitative estimate of drug-likeness (QED) is 0.574. The van der Waals surface area contributed by atoms with Gasteiger partial charge in [-0.15, -0.1) is 0 Å². The lowest BCUT2D eigenvalue weighted by atomic mass is 9.78. The zero-order valence-electron chi connectivity index (χ0n) is 16.8. The third kappa shape index (κ3) is 3.82. The zero-order valence-corrected chi connectivity index (χ0v) is 17.6. The molecular weight excluding hydrogens is 380 g/mol. The number of halogens is 1. The number of rotatable bonds is 4. The SMILES string of the molecule is CC1(C)CN(c2cc(C3CC3)nc(Nc3cccc(Cl)c3)n2)Cc2ccccc21. The molecule has 1 saturated carbocycles. The van der Waals surface area contributed by atoms with Crippen molar-refractivity contribution < 1.29 is 0 Å². The third-order valence-corrected chi connectivity index (χ3v) is 6.06. The summed E-state index contributed by atoms with van der Waals surface area (Å²) in [6.45, 7) is 6.43. The van der Waals surface area contributed by atoms with Gasteiger partial charge in [-0.25, -0.2) is 4.98 Å². The molecule has 5 rings (SSSR count). The van der Waals surface area contributed by atoms with Crippen LogP contribution in [0.4, 0.5) is 17.5 Å². The van der Waals surface area contributed by atoms with Crippen LogP contribution >= 0.6 is 11.6 Å². The number of anilines is 3. The molecule has 0 saturated heterocycles. The van der Waals surface area contributed by atoms with Gasteiger partial charge in [0.15, 0.2) is 0 Å². The minimum absolute atomic E-state index is 0.0695. The minimum atomic E-state index is 0.0695. The van der Waals surface area contributed by atoms with Gasteiger partial charge < -0.3 is 10.2 Å². The molecule has 29 heavy (non-hydrogen) atoms. The summed E-state index contributed by atoms with van der Waals surface area (Å²) < 4.78 is 0. The molecule has 4 nitrogen and oxygen atoms in total. The van der Waals surface area contributed by atoms with E-state index in [1.54, 1.807) is 0 Å². The Morgan fingerprint density at radius 1 is 1.03 bits per heavy atom. The average Bonchev–Trinajstić information content (AvgIpc) is 3.53. The predicted octanol–water partition coefficient (Wildman–Crippen LogP) is 6.05. The monoisotopic (exact) mass is 404 g/mol. The molecule has 0 radical (unpaired) electrons. The molecule has 1 aromatic heterocycles. The summed E-state index contributed by atoms with van der Waals surface area (Å²) >= 11 is 6.15. The highest BCUT2D eigenvalue weighted by Crippen LogP contribution is 2.41. The highest BCUT2D eigenvalue weighted by molar-refractivity contribution is 6.30. The second-order valence-electron chi connectivity index (χ2n) is 8.78. The molecule has 1 N–H and O–H groups in total. The molecule has 5 heteroatoms. The molecule has 2 aromatic carbocycles. The second kappa shape index (κ2) is 7.03. The molecule has 2 heterocycles. The molecular formula is C24H25ClN4. The Morgan fingerprint density at radius 2 is 1.86 bits per heavy atom. The second-order valence-corrected chi connectivity index (χ2v) is 9.22. The molecule has 1 aliphatic carbocycles. The third-order valence-electron chi connectivity index (χ3n) is 5.83. The van der Waals surface area contributed by atoms with E-state index in [1.165, 1.54) is 24.0 Å². The Kier molecular flexibility index (Phi) is 4.47. The maximum absolute atomic E-state index is 6.15. The van der Waals surface area contributed by atoms with Crippen molar-refractivity contribution in [2.45, 2.75) is 44.6 Å². The number of aromatic nitrogens is 2. The number of hydrogen-bond donors (Lipinski definition) is 1. The number of nitrogens with one attached hydrogen (secondary N) is 1. The maximum Gasteiger partial charge on any atom is 0.229 e. The molecule has 0 unspecified atom stereocenters. The molecule has 0 spiro atoms. The summed E-state index contributed by atoms with van der Waals surface area (Å²) in [6, 6.07) is 18.6. The molecule has 0 atom stereocenters. The van der Waals surface area contributed by atoms with Crippen molar-refractivity contribution in [1.29, 1.82) is 0 Å². The van der Waals surface area contributed by atoms with E-state index in [0.29, 0.717) is 16.9 Å². The summed E-state index contributed by atoms with van der Waals surface area (Å²) in [6.07, 6.45) is 2.42. The number of nitrogens with zero attached hydrogens (tertiary/aromatic N) is 3. The molecule has 0 bridgehead atoms. The highest BCUT2D eigenvalue weighted by atomic mass is 35.5. The van der Waals surface area contributed by atoms with Gasteiger partial charge in [0.05, 0.1) is 5.69 Å².